The second kappa shape index (κ2) is 12.6. The van der Waals surface area contributed by atoms with Crippen LogP contribution in [-0.2, 0) is 0 Å². The summed E-state index contributed by atoms with van der Waals surface area (Å²) in [6, 6.07) is 61.1. The van der Waals surface area contributed by atoms with Crippen molar-refractivity contribution >= 4 is 75.4 Å². The minimum Gasteiger partial charge on any atom is -0.456 e. The molecule has 0 aliphatic carbocycles. The Morgan fingerprint density at radius 2 is 0.877 bits per heavy atom. The van der Waals surface area contributed by atoms with Crippen LogP contribution in [0.25, 0.3) is 120 Å². The lowest BCUT2D eigenvalue weighted by molar-refractivity contribution is 0.668. The van der Waals surface area contributed by atoms with Crippen molar-refractivity contribution in [1.29, 1.82) is 0 Å². The van der Waals surface area contributed by atoms with Crippen molar-refractivity contribution in [2.24, 2.45) is 0 Å². The van der Waals surface area contributed by atoms with Gasteiger partial charge >= 0.3 is 0 Å². The first kappa shape index (κ1) is 31.9. The van der Waals surface area contributed by atoms with E-state index in [0.717, 1.165) is 71.7 Å². The highest BCUT2D eigenvalue weighted by molar-refractivity contribution is 7.25. The zero-order valence-electron chi connectivity index (χ0n) is 30.3. The molecule has 0 bridgehead atoms. The molecule has 0 spiro atoms. The molecule has 4 aromatic heterocycles. The lowest BCUT2D eigenvalue weighted by atomic mass is 9.91. The van der Waals surface area contributed by atoms with E-state index in [1.807, 2.05) is 72.0 Å². The second-order valence-electron chi connectivity index (χ2n) is 14.3. The Morgan fingerprint density at radius 3 is 1.70 bits per heavy atom. The molecule has 8 aromatic carbocycles. The largest absolute Gasteiger partial charge is 0.456 e. The summed E-state index contributed by atoms with van der Waals surface area (Å²) in [7, 11) is 0. The van der Waals surface area contributed by atoms with Crippen LogP contribution in [0.15, 0.2) is 185 Å². The number of hydrogen-bond acceptors (Lipinski definition) is 6. The average Bonchev–Trinajstić information content (AvgIpc) is 3.97. The molecule has 12 rings (SSSR count). The van der Waals surface area contributed by atoms with Crippen LogP contribution in [0.1, 0.15) is 0 Å². The van der Waals surface area contributed by atoms with Gasteiger partial charge in [0.15, 0.2) is 17.5 Å². The van der Waals surface area contributed by atoms with E-state index in [1.54, 1.807) is 0 Å². The van der Waals surface area contributed by atoms with Gasteiger partial charge in [-0.3, -0.25) is 0 Å². The van der Waals surface area contributed by atoms with Crippen molar-refractivity contribution < 1.29 is 8.83 Å². The molecule has 0 N–H and O–H groups in total. The number of furan rings is 2. The van der Waals surface area contributed by atoms with Crippen LogP contribution in [-0.4, -0.2) is 15.0 Å². The highest BCUT2D eigenvalue weighted by Gasteiger charge is 2.19. The molecule has 0 unspecified atom stereocenters. The second-order valence-corrected chi connectivity index (χ2v) is 15.4. The highest BCUT2D eigenvalue weighted by atomic mass is 32.1. The molecule has 0 saturated carbocycles. The number of hydrogen-bond donors (Lipinski definition) is 0. The van der Waals surface area contributed by atoms with Crippen LogP contribution < -0.4 is 0 Å². The van der Waals surface area contributed by atoms with E-state index < -0.39 is 0 Å². The smallest absolute Gasteiger partial charge is 0.164 e. The van der Waals surface area contributed by atoms with E-state index in [-0.39, 0.29) is 0 Å². The monoisotopic (exact) mass is 747 g/mol. The summed E-state index contributed by atoms with van der Waals surface area (Å²) in [6.45, 7) is 0. The normalized spacial score (nSPS) is 11.9. The standard InChI is InChI=1S/C51H29N3O2S/c1-2-11-30(12-3-1)49-52-50(32-21-24-37-36-15-6-8-18-42(36)55-44(37)28-32)54-51(53-49)33-22-25-40-45(29-33)56-43-19-10-17-39(48(40)43)35-14-5-4-13-34(35)31-23-26-47-41(27-31)38-16-7-9-20-46(38)57-47/h1-29H. The molecule has 0 atom stereocenters. The Balaban J connectivity index is 0.993. The Hall–Kier alpha value is -7.41. The molecule has 0 saturated heterocycles. The summed E-state index contributed by atoms with van der Waals surface area (Å²) in [5.74, 6) is 1.73. The fraction of sp³-hybridized carbons (Fsp3) is 0. The average molecular weight is 748 g/mol. The summed E-state index contributed by atoms with van der Waals surface area (Å²) in [5.41, 5.74) is 10.5. The van der Waals surface area contributed by atoms with Gasteiger partial charge in [-0.2, -0.15) is 0 Å². The fourth-order valence-corrected chi connectivity index (χ4v) is 9.35. The number of rotatable bonds is 5. The number of para-hydroxylation sites is 1. The summed E-state index contributed by atoms with van der Waals surface area (Å²) in [4.78, 5) is 15.1. The van der Waals surface area contributed by atoms with Gasteiger partial charge in [0, 0.05) is 58.4 Å². The highest BCUT2D eigenvalue weighted by Crippen LogP contribution is 2.43. The van der Waals surface area contributed by atoms with E-state index in [1.165, 1.54) is 31.3 Å². The van der Waals surface area contributed by atoms with Crippen molar-refractivity contribution in [3.63, 3.8) is 0 Å². The first-order valence-corrected chi connectivity index (χ1v) is 19.7. The fourth-order valence-electron chi connectivity index (χ4n) is 8.27. The number of aromatic nitrogens is 3. The summed E-state index contributed by atoms with van der Waals surface area (Å²) in [6.07, 6.45) is 0. The van der Waals surface area contributed by atoms with Gasteiger partial charge in [-0.1, -0.05) is 121 Å². The maximum atomic E-state index is 6.64. The minimum absolute atomic E-state index is 0.563. The Labute approximate surface area is 330 Å². The lowest BCUT2D eigenvalue weighted by Gasteiger charge is -2.12. The number of nitrogens with zero attached hydrogens (tertiary/aromatic N) is 3. The third-order valence-electron chi connectivity index (χ3n) is 11.0. The number of thiophene rings is 1. The maximum Gasteiger partial charge on any atom is 0.164 e. The van der Waals surface area contributed by atoms with Gasteiger partial charge < -0.3 is 8.83 Å². The summed E-state index contributed by atoms with van der Waals surface area (Å²) >= 11 is 1.84. The van der Waals surface area contributed by atoms with Gasteiger partial charge in [-0.15, -0.1) is 11.3 Å². The van der Waals surface area contributed by atoms with E-state index in [2.05, 4.69) is 115 Å². The SMILES string of the molecule is c1ccc(-c2nc(-c3ccc4c(c3)oc3ccccc34)nc(-c3ccc4c(c3)oc3cccc(-c5ccccc5-c5ccc6sc7ccccc7c6c5)c34)n2)cc1. The third-order valence-corrected chi connectivity index (χ3v) is 12.1. The predicted molar refractivity (Wildman–Crippen MR) is 234 cm³/mol. The van der Waals surface area contributed by atoms with Crippen LogP contribution in [0.5, 0.6) is 0 Å². The van der Waals surface area contributed by atoms with Crippen molar-refractivity contribution in [3.05, 3.63) is 176 Å². The van der Waals surface area contributed by atoms with Crippen LogP contribution in [0.2, 0.25) is 0 Å². The molecule has 4 heterocycles. The van der Waals surface area contributed by atoms with Crippen LogP contribution >= 0.6 is 11.3 Å². The zero-order chi connectivity index (χ0) is 37.5. The molecule has 0 aliphatic rings. The van der Waals surface area contributed by atoms with E-state index in [9.17, 15) is 0 Å². The Morgan fingerprint density at radius 1 is 0.316 bits per heavy atom. The first-order valence-electron chi connectivity index (χ1n) is 18.9. The molecule has 12 aromatic rings. The quantitative estimate of drug-likeness (QED) is 0.175. The van der Waals surface area contributed by atoms with Crippen molar-refractivity contribution in [1.82, 2.24) is 15.0 Å². The maximum absolute atomic E-state index is 6.64. The molecule has 0 fully saturated rings. The van der Waals surface area contributed by atoms with E-state index in [0.29, 0.717) is 17.5 Å². The predicted octanol–water partition coefficient (Wildman–Crippen LogP) is 14.4. The third kappa shape index (κ3) is 5.19. The Kier molecular flexibility index (Phi) is 7.03. The molecular formula is C51H29N3O2S. The molecule has 266 valence electrons. The zero-order valence-corrected chi connectivity index (χ0v) is 31.1. The van der Waals surface area contributed by atoms with Crippen molar-refractivity contribution in [2.75, 3.05) is 0 Å². The molecular weight excluding hydrogens is 719 g/mol. The van der Waals surface area contributed by atoms with Gasteiger partial charge in [0.2, 0.25) is 0 Å². The van der Waals surface area contributed by atoms with E-state index in [4.69, 9.17) is 23.8 Å². The van der Waals surface area contributed by atoms with Crippen LogP contribution in [0.3, 0.4) is 0 Å². The van der Waals surface area contributed by atoms with Gasteiger partial charge in [0.1, 0.15) is 22.3 Å². The first-order chi connectivity index (χ1) is 28.2. The minimum atomic E-state index is 0.563. The van der Waals surface area contributed by atoms with Gasteiger partial charge in [-0.25, -0.2) is 15.0 Å². The van der Waals surface area contributed by atoms with E-state index >= 15 is 0 Å². The number of fused-ring (bicyclic) bond motifs is 9. The molecule has 5 nitrogen and oxygen atoms in total. The number of benzene rings is 8. The summed E-state index contributed by atoms with van der Waals surface area (Å²) in [5, 5.41) is 6.83. The van der Waals surface area contributed by atoms with Gasteiger partial charge in [0.05, 0.1) is 0 Å². The van der Waals surface area contributed by atoms with Gasteiger partial charge in [-0.05, 0) is 76.9 Å². The summed E-state index contributed by atoms with van der Waals surface area (Å²) < 4.78 is 15.5. The van der Waals surface area contributed by atoms with Crippen molar-refractivity contribution in [3.8, 4) is 56.4 Å². The molecule has 6 heteroatoms. The van der Waals surface area contributed by atoms with Gasteiger partial charge in [0.25, 0.3) is 0 Å². The lowest BCUT2D eigenvalue weighted by Crippen LogP contribution is -2.00. The Bertz CT molecular complexity index is 3540. The topological polar surface area (TPSA) is 65.0 Å². The molecule has 0 radical (unpaired) electrons. The van der Waals surface area contributed by atoms with Crippen LogP contribution in [0, 0.1) is 0 Å². The van der Waals surface area contributed by atoms with Crippen LogP contribution in [0.4, 0.5) is 0 Å². The molecule has 57 heavy (non-hydrogen) atoms. The molecule has 0 amide bonds. The van der Waals surface area contributed by atoms with Crippen molar-refractivity contribution in [2.45, 2.75) is 0 Å². The molecule has 0 aliphatic heterocycles.